The molecule has 142 valence electrons. The molecular weight excluding hydrogens is 451 g/mol. The number of thiophene rings is 1. The van der Waals surface area contributed by atoms with Crippen LogP contribution in [0.25, 0.3) is 20.3 Å². The molecule has 0 atom stereocenters. The fourth-order valence-electron chi connectivity index (χ4n) is 3.14. The summed E-state index contributed by atoms with van der Waals surface area (Å²) in [7, 11) is 0. The molecule has 0 spiro atoms. The summed E-state index contributed by atoms with van der Waals surface area (Å²) in [4.78, 5) is 37.4. The Balaban J connectivity index is 2.04. The van der Waals surface area contributed by atoms with Gasteiger partial charge in [-0.1, -0.05) is 40.2 Å². The first-order valence-electron chi connectivity index (χ1n) is 8.17. The van der Waals surface area contributed by atoms with E-state index < -0.39 is 29.6 Å². The summed E-state index contributed by atoms with van der Waals surface area (Å²) in [5.74, 6) is -1.78. The molecule has 0 aliphatic carbocycles. The highest BCUT2D eigenvalue weighted by atomic mass is 79.9. The maximum Gasteiger partial charge on any atom is 0.332 e. The second-order valence-electron chi connectivity index (χ2n) is 6.17. The number of halogens is 2. The first kappa shape index (κ1) is 18.6. The van der Waals surface area contributed by atoms with Crippen molar-refractivity contribution < 1.29 is 14.3 Å². The molecule has 2 heterocycles. The van der Waals surface area contributed by atoms with Crippen molar-refractivity contribution >= 4 is 53.5 Å². The van der Waals surface area contributed by atoms with Crippen molar-refractivity contribution in [2.75, 3.05) is 0 Å². The summed E-state index contributed by atoms with van der Waals surface area (Å²) < 4.78 is 17.8. The Morgan fingerprint density at radius 3 is 2.61 bits per heavy atom. The highest BCUT2D eigenvalue weighted by Gasteiger charge is 2.20. The van der Waals surface area contributed by atoms with E-state index in [1.165, 1.54) is 23.5 Å². The molecular formula is C19H12BrFN2O4S. The zero-order valence-corrected chi connectivity index (χ0v) is 16.6. The van der Waals surface area contributed by atoms with Gasteiger partial charge in [0.05, 0.1) is 12.1 Å². The van der Waals surface area contributed by atoms with E-state index >= 15 is 0 Å². The number of carboxylic acids is 1. The molecule has 4 rings (SSSR count). The van der Waals surface area contributed by atoms with E-state index in [2.05, 4.69) is 15.9 Å². The predicted octanol–water partition coefficient (Wildman–Crippen LogP) is 3.41. The summed E-state index contributed by atoms with van der Waals surface area (Å²) in [6, 6.07) is 11.4. The number of nitrogens with zero attached hydrogens (tertiary/aromatic N) is 2. The van der Waals surface area contributed by atoms with Crippen molar-refractivity contribution in [1.29, 1.82) is 0 Å². The highest BCUT2D eigenvalue weighted by molar-refractivity contribution is 9.10. The van der Waals surface area contributed by atoms with Crippen molar-refractivity contribution in [2.24, 2.45) is 0 Å². The molecule has 1 N–H and O–H groups in total. The third-order valence-electron chi connectivity index (χ3n) is 4.38. The molecule has 0 fully saturated rings. The predicted molar refractivity (Wildman–Crippen MR) is 109 cm³/mol. The van der Waals surface area contributed by atoms with E-state index in [0.29, 0.717) is 15.4 Å². The molecule has 9 heteroatoms. The lowest BCUT2D eigenvalue weighted by molar-refractivity contribution is -0.137. The number of carboxylic acid groups (broad SMARTS) is 1. The van der Waals surface area contributed by atoms with Crippen molar-refractivity contribution in [3.05, 3.63) is 79.2 Å². The molecule has 0 saturated carbocycles. The van der Waals surface area contributed by atoms with Gasteiger partial charge < -0.3 is 5.11 Å². The fraction of sp³-hybridized carbons (Fsp3) is 0.105. The number of hydrogen-bond donors (Lipinski definition) is 1. The number of aromatic nitrogens is 2. The summed E-state index contributed by atoms with van der Waals surface area (Å²) in [6.45, 7) is -0.889. The van der Waals surface area contributed by atoms with Crippen molar-refractivity contribution in [1.82, 2.24) is 9.13 Å². The number of rotatable bonds is 4. The number of hydrogen-bond acceptors (Lipinski definition) is 4. The normalized spacial score (nSPS) is 11.4. The number of fused-ring (bicyclic) bond motifs is 3. The first-order chi connectivity index (χ1) is 13.4. The summed E-state index contributed by atoms with van der Waals surface area (Å²) >= 11 is 4.35. The Morgan fingerprint density at radius 1 is 1.14 bits per heavy atom. The van der Waals surface area contributed by atoms with Gasteiger partial charge in [-0.25, -0.2) is 9.18 Å². The quantitative estimate of drug-likeness (QED) is 0.503. The van der Waals surface area contributed by atoms with Gasteiger partial charge in [-0.3, -0.25) is 18.7 Å². The van der Waals surface area contributed by atoms with E-state index in [0.717, 1.165) is 13.8 Å². The van der Waals surface area contributed by atoms with Crippen molar-refractivity contribution in [3.63, 3.8) is 0 Å². The number of carbonyl (C=O) groups is 1. The van der Waals surface area contributed by atoms with Crippen molar-refractivity contribution in [2.45, 2.75) is 13.1 Å². The average Bonchev–Trinajstić information content (AvgIpc) is 3.03. The van der Waals surface area contributed by atoms with Crippen LogP contribution in [0, 0.1) is 5.82 Å². The van der Waals surface area contributed by atoms with Crippen LogP contribution in [0.1, 0.15) is 5.56 Å². The van der Waals surface area contributed by atoms with Crippen molar-refractivity contribution in [3.8, 4) is 0 Å². The Bertz CT molecular complexity index is 1370. The molecule has 0 aliphatic heterocycles. The molecule has 0 amide bonds. The summed E-state index contributed by atoms with van der Waals surface area (Å²) in [5, 5.41) is 9.91. The second kappa shape index (κ2) is 6.99. The smallest absolute Gasteiger partial charge is 0.332 e. The zero-order chi connectivity index (χ0) is 20.0. The van der Waals surface area contributed by atoms with Gasteiger partial charge in [-0.05, 0) is 18.2 Å². The van der Waals surface area contributed by atoms with Gasteiger partial charge in [-0.15, -0.1) is 11.3 Å². The monoisotopic (exact) mass is 462 g/mol. The lowest BCUT2D eigenvalue weighted by Crippen LogP contribution is -2.41. The maximum atomic E-state index is 14.2. The molecule has 6 nitrogen and oxygen atoms in total. The van der Waals surface area contributed by atoms with E-state index in [4.69, 9.17) is 0 Å². The van der Waals surface area contributed by atoms with Gasteiger partial charge in [0.2, 0.25) is 0 Å². The largest absolute Gasteiger partial charge is 0.480 e. The van der Waals surface area contributed by atoms with Crippen LogP contribution < -0.4 is 11.2 Å². The van der Waals surface area contributed by atoms with Gasteiger partial charge in [0.1, 0.15) is 17.1 Å². The zero-order valence-electron chi connectivity index (χ0n) is 14.2. The first-order valence-corrected chi connectivity index (χ1v) is 9.78. The Kier molecular flexibility index (Phi) is 4.64. The standard InChI is InChI=1S/C19H12BrFN2O4S/c20-11-6-5-10(13(21)7-11)8-23-18(26)17-16(22(19(23)27)9-15(24)25)12-3-1-2-4-14(12)28-17/h1-7H,8-9H2,(H,24,25). The van der Waals surface area contributed by atoms with Crippen LogP contribution in [-0.4, -0.2) is 20.2 Å². The van der Waals surface area contributed by atoms with Gasteiger partial charge >= 0.3 is 11.7 Å². The van der Waals surface area contributed by atoms with Gasteiger partial charge in [-0.2, -0.15) is 0 Å². The van der Waals surface area contributed by atoms with Gasteiger partial charge in [0, 0.05) is 20.1 Å². The molecule has 0 bridgehead atoms. The molecule has 2 aromatic heterocycles. The third-order valence-corrected chi connectivity index (χ3v) is 6.02. The van der Waals surface area contributed by atoms with Crippen LogP contribution in [0.4, 0.5) is 4.39 Å². The topological polar surface area (TPSA) is 81.3 Å². The van der Waals surface area contributed by atoms with E-state index in [-0.39, 0.29) is 16.8 Å². The maximum absolute atomic E-state index is 14.2. The van der Waals surface area contributed by atoms with Gasteiger partial charge in [0.25, 0.3) is 5.56 Å². The Hall–Kier alpha value is -2.78. The fourth-order valence-corrected chi connectivity index (χ4v) is 4.63. The minimum absolute atomic E-state index is 0.157. The van der Waals surface area contributed by atoms with E-state index in [1.807, 2.05) is 0 Å². The highest BCUT2D eigenvalue weighted by Crippen LogP contribution is 2.30. The lowest BCUT2D eigenvalue weighted by atomic mass is 10.2. The molecule has 2 aromatic carbocycles. The van der Waals surface area contributed by atoms with Crippen LogP contribution >= 0.6 is 27.3 Å². The van der Waals surface area contributed by atoms with Gasteiger partial charge in [0.15, 0.2) is 0 Å². The van der Waals surface area contributed by atoms with Crippen LogP contribution in [0.5, 0.6) is 0 Å². The Labute approximate surface area is 169 Å². The Morgan fingerprint density at radius 2 is 1.89 bits per heavy atom. The molecule has 4 aromatic rings. The van der Waals surface area contributed by atoms with Crippen LogP contribution in [0.2, 0.25) is 0 Å². The SMILES string of the molecule is O=C(O)Cn1c(=O)n(Cc2ccc(Br)cc2F)c(=O)c2sc3ccccc3c21. The average molecular weight is 463 g/mol. The molecule has 0 aliphatic rings. The molecule has 28 heavy (non-hydrogen) atoms. The van der Waals surface area contributed by atoms with E-state index in [1.54, 1.807) is 30.3 Å². The number of aliphatic carboxylic acids is 1. The summed E-state index contributed by atoms with van der Waals surface area (Å²) in [5.41, 5.74) is -0.897. The molecule has 0 saturated heterocycles. The van der Waals surface area contributed by atoms with Crippen LogP contribution in [-0.2, 0) is 17.9 Å². The summed E-state index contributed by atoms with van der Waals surface area (Å²) in [6.07, 6.45) is 0. The molecule has 0 unspecified atom stereocenters. The van der Waals surface area contributed by atoms with E-state index in [9.17, 15) is 23.9 Å². The minimum Gasteiger partial charge on any atom is -0.480 e. The minimum atomic E-state index is -1.21. The third kappa shape index (κ3) is 3.06. The number of benzene rings is 2. The lowest BCUT2D eigenvalue weighted by Gasteiger charge is -2.11. The second-order valence-corrected chi connectivity index (χ2v) is 8.13. The van der Waals surface area contributed by atoms with Crippen LogP contribution in [0.15, 0.2) is 56.5 Å². The van der Waals surface area contributed by atoms with Crippen LogP contribution in [0.3, 0.4) is 0 Å². The molecule has 0 radical (unpaired) electrons.